The lowest BCUT2D eigenvalue weighted by Crippen LogP contribution is -2.45. The Morgan fingerprint density at radius 2 is 2.00 bits per heavy atom. The van der Waals surface area contributed by atoms with Gasteiger partial charge < -0.3 is 9.64 Å². The van der Waals surface area contributed by atoms with Gasteiger partial charge in [0.05, 0.1) is 18.5 Å². The summed E-state index contributed by atoms with van der Waals surface area (Å²) in [5.74, 6) is -0.0483. The van der Waals surface area contributed by atoms with Crippen LogP contribution in [-0.2, 0) is 9.68 Å². The van der Waals surface area contributed by atoms with E-state index in [2.05, 4.69) is 25.0 Å². The highest BCUT2D eigenvalue weighted by Crippen LogP contribution is 2.33. The lowest BCUT2D eigenvalue weighted by Gasteiger charge is -2.33. The van der Waals surface area contributed by atoms with Gasteiger partial charge in [0.2, 0.25) is 0 Å². The summed E-state index contributed by atoms with van der Waals surface area (Å²) in [6.45, 7) is 0.548. The minimum Gasteiger partial charge on any atom is -0.369 e. The first-order valence-electron chi connectivity index (χ1n) is 10.5. The number of halogens is 5. The van der Waals surface area contributed by atoms with Gasteiger partial charge in [-0.2, -0.15) is 0 Å². The molecule has 188 valence electrons. The van der Waals surface area contributed by atoms with Crippen molar-refractivity contribution in [1.82, 2.24) is 24.6 Å². The number of aromatic nitrogens is 5. The number of pyridine rings is 3. The monoisotopic (exact) mass is 509 g/mol. The van der Waals surface area contributed by atoms with E-state index in [-0.39, 0.29) is 41.1 Å². The average molecular weight is 509 g/mol. The summed E-state index contributed by atoms with van der Waals surface area (Å²) in [5.41, 5.74) is 0.701. The zero-order valence-corrected chi connectivity index (χ0v) is 18.1. The number of amides is 1. The van der Waals surface area contributed by atoms with Gasteiger partial charge in [0.25, 0.3) is 12.9 Å². The van der Waals surface area contributed by atoms with E-state index in [1.165, 1.54) is 10.6 Å². The summed E-state index contributed by atoms with van der Waals surface area (Å²) >= 11 is 0. The van der Waals surface area contributed by atoms with Crippen molar-refractivity contribution in [3.8, 4) is 11.4 Å². The van der Waals surface area contributed by atoms with Crippen LogP contribution in [0.3, 0.4) is 0 Å². The van der Waals surface area contributed by atoms with Crippen LogP contribution in [0.15, 0.2) is 36.8 Å². The fourth-order valence-electron chi connectivity index (χ4n) is 3.94. The second-order valence-electron chi connectivity index (χ2n) is 7.78. The van der Waals surface area contributed by atoms with Crippen molar-refractivity contribution >= 4 is 34.0 Å². The molecular weight excluding hydrogens is 493 g/mol. The van der Waals surface area contributed by atoms with E-state index in [1.807, 2.05) is 5.32 Å². The van der Waals surface area contributed by atoms with Gasteiger partial charge >= 0.3 is 6.09 Å². The van der Waals surface area contributed by atoms with Crippen molar-refractivity contribution in [2.75, 3.05) is 29.9 Å². The first kappa shape index (κ1) is 23.6. The topological polar surface area (TPSA) is 107 Å². The molecular formula is C21H16F5N7O3. The molecule has 0 saturated carbocycles. The Balaban J connectivity index is 1.55. The molecule has 1 aliphatic rings. The molecule has 4 aromatic rings. The molecule has 5 heterocycles. The number of fused-ring (bicyclic) bond motifs is 2. The largest absolute Gasteiger partial charge is 0.450 e. The Bertz CT molecular complexity index is 1430. The smallest absolute Gasteiger partial charge is 0.369 e. The number of hydrogen-bond acceptors (Lipinski definition) is 8. The number of rotatable bonds is 5. The van der Waals surface area contributed by atoms with Crippen molar-refractivity contribution in [3.05, 3.63) is 42.5 Å². The van der Waals surface area contributed by atoms with Crippen LogP contribution in [0, 0.1) is 0 Å². The highest BCUT2D eigenvalue weighted by atomic mass is 19.3. The molecule has 0 unspecified atom stereocenters. The van der Waals surface area contributed by atoms with E-state index in [0.29, 0.717) is 17.9 Å². The van der Waals surface area contributed by atoms with E-state index < -0.39 is 30.7 Å². The number of hydrogen-bond donors (Lipinski definition) is 1. The molecule has 1 fully saturated rings. The summed E-state index contributed by atoms with van der Waals surface area (Å²) < 4.78 is 71.9. The van der Waals surface area contributed by atoms with Gasteiger partial charge in [0, 0.05) is 46.3 Å². The fourth-order valence-corrected chi connectivity index (χ4v) is 3.94. The fraction of sp³-hybridized carbons (Fsp3) is 0.286. The third-order valence-electron chi connectivity index (χ3n) is 5.61. The van der Waals surface area contributed by atoms with Crippen molar-refractivity contribution in [2.24, 2.45) is 0 Å². The summed E-state index contributed by atoms with van der Waals surface area (Å²) in [5, 5.41) is 6.58. The predicted octanol–water partition coefficient (Wildman–Crippen LogP) is 4.18. The average Bonchev–Trinajstić information content (AvgIpc) is 3.31. The molecule has 4 aromatic heterocycles. The zero-order chi connectivity index (χ0) is 25.4. The van der Waals surface area contributed by atoms with Gasteiger partial charge in [-0.15, -0.1) is 5.10 Å². The molecule has 0 bridgehead atoms. The number of nitrogens with zero attached hydrogens (tertiary/aromatic N) is 6. The lowest BCUT2D eigenvalue weighted by molar-refractivity contribution is -0.0614. The Morgan fingerprint density at radius 3 is 2.75 bits per heavy atom. The number of ether oxygens (including phenoxy) is 1. The van der Waals surface area contributed by atoms with E-state index >= 15 is 0 Å². The van der Waals surface area contributed by atoms with Gasteiger partial charge in [0.1, 0.15) is 17.6 Å². The van der Waals surface area contributed by atoms with Gasteiger partial charge in [-0.1, -0.05) is 0 Å². The third kappa shape index (κ3) is 4.44. The first-order valence-corrected chi connectivity index (χ1v) is 10.5. The quantitative estimate of drug-likeness (QED) is 0.400. The van der Waals surface area contributed by atoms with Crippen molar-refractivity contribution in [1.29, 1.82) is 0 Å². The molecule has 0 spiro atoms. The number of nitrogens with one attached hydrogen (secondary N) is 1. The standard InChI is InChI=1S/C21H16F5N7O3/c22-18(23)14-9-32(3-4-35-14)10-1-2-16-30-20(31-33(16)8-10)13-7-28-17(19(24)25)12-6-27-15(5-11(12)13)29-21(34)36-26/h1-2,5-8,14,18-19H,3-4,9H2,(H,27,29,34)/t14-/m1/s1. The van der Waals surface area contributed by atoms with Crippen molar-refractivity contribution in [3.63, 3.8) is 0 Å². The summed E-state index contributed by atoms with van der Waals surface area (Å²) in [4.78, 5) is 28.1. The summed E-state index contributed by atoms with van der Waals surface area (Å²) in [7, 11) is 0. The number of alkyl halides is 4. The molecule has 36 heavy (non-hydrogen) atoms. The highest BCUT2D eigenvalue weighted by Gasteiger charge is 2.28. The molecule has 0 aliphatic carbocycles. The summed E-state index contributed by atoms with van der Waals surface area (Å²) in [6.07, 6.45) is -4.36. The molecule has 15 heteroatoms. The van der Waals surface area contributed by atoms with Crippen LogP contribution in [0.4, 0.5) is 38.4 Å². The van der Waals surface area contributed by atoms with E-state index in [4.69, 9.17) is 4.74 Å². The van der Waals surface area contributed by atoms with Crippen LogP contribution < -0.4 is 10.2 Å². The predicted molar refractivity (Wildman–Crippen MR) is 116 cm³/mol. The Labute approximate surface area is 198 Å². The lowest BCUT2D eigenvalue weighted by atomic mass is 10.1. The van der Waals surface area contributed by atoms with Crippen molar-refractivity contribution < 1.29 is 36.6 Å². The number of carbonyl (C=O) groups excluding carboxylic acids is 1. The first-order chi connectivity index (χ1) is 17.3. The van der Waals surface area contributed by atoms with Gasteiger partial charge in [-0.25, -0.2) is 41.8 Å². The van der Waals surface area contributed by atoms with Gasteiger partial charge in [0.15, 0.2) is 11.5 Å². The number of morpholine rings is 1. The van der Waals surface area contributed by atoms with Crippen molar-refractivity contribution in [2.45, 2.75) is 19.0 Å². The van der Waals surface area contributed by atoms with E-state index in [0.717, 1.165) is 12.4 Å². The van der Waals surface area contributed by atoms with Gasteiger partial charge in [-0.3, -0.25) is 10.3 Å². The number of carbonyl (C=O) groups is 1. The van der Waals surface area contributed by atoms with Gasteiger partial charge in [-0.05, 0) is 18.2 Å². The second kappa shape index (κ2) is 9.49. The highest BCUT2D eigenvalue weighted by molar-refractivity contribution is 5.98. The Morgan fingerprint density at radius 1 is 1.17 bits per heavy atom. The van der Waals surface area contributed by atoms with E-state index in [9.17, 15) is 26.9 Å². The van der Waals surface area contributed by atoms with Crippen LogP contribution in [0.1, 0.15) is 12.1 Å². The Kier molecular flexibility index (Phi) is 6.22. The van der Waals surface area contributed by atoms with Crippen LogP contribution in [-0.4, -0.2) is 62.9 Å². The maximum absolute atomic E-state index is 13.5. The second-order valence-corrected chi connectivity index (χ2v) is 7.78. The molecule has 1 saturated heterocycles. The zero-order valence-electron chi connectivity index (χ0n) is 18.1. The molecule has 1 aliphatic heterocycles. The third-order valence-corrected chi connectivity index (χ3v) is 5.61. The molecule has 1 N–H and O–H groups in total. The van der Waals surface area contributed by atoms with Crippen LogP contribution >= 0.6 is 0 Å². The molecule has 1 atom stereocenters. The minimum absolute atomic E-state index is 0.00152. The Hall–Kier alpha value is -4.14. The molecule has 0 aromatic carbocycles. The maximum atomic E-state index is 13.5. The molecule has 0 radical (unpaired) electrons. The SMILES string of the molecule is O=C(Nc1cc2c(-c3nc4ccc(N5CCO[C@@H](C(F)F)C5)cn4n3)cnc(C(F)F)c2cn1)OF. The normalized spacial score (nSPS) is 16.3. The number of anilines is 2. The molecule has 5 rings (SSSR count). The van der Waals surface area contributed by atoms with Crippen LogP contribution in [0.5, 0.6) is 0 Å². The molecule has 10 nitrogen and oxygen atoms in total. The minimum atomic E-state index is -2.92. The maximum Gasteiger partial charge on any atom is 0.450 e. The molecule has 1 amide bonds. The van der Waals surface area contributed by atoms with Crippen LogP contribution in [0.2, 0.25) is 0 Å². The van der Waals surface area contributed by atoms with E-state index in [1.54, 1.807) is 23.2 Å². The van der Waals surface area contributed by atoms with Crippen LogP contribution in [0.25, 0.3) is 27.8 Å². The summed E-state index contributed by atoms with van der Waals surface area (Å²) in [6, 6.07) is 4.57.